The zero-order valence-electron chi connectivity index (χ0n) is 21.1. The number of hydrogen-bond acceptors (Lipinski definition) is 5. The first-order valence-corrected chi connectivity index (χ1v) is 12.1. The number of nitrogens with one attached hydrogen (secondary N) is 1. The minimum atomic E-state index is -0.536. The van der Waals surface area contributed by atoms with Crippen LogP contribution in [0.15, 0.2) is 52.9 Å². The molecule has 0 bridgehead atoms. The predicted molar refractivity (Wildman–Crippen MR) is 135 cm³/mol. The van der Waals surface area contributed by atoms with Gasteiger partial charge in [0.1, 0.15) is 29.3 Å². The molecule has 186 valence electrons. The van der Waals surface area contributed by atoms with E-state index < -0.39 is 5.60 Å². The van der Waals surface area contributed by atoms with Crippen LogP contribution in [0.1, 0.15) is 62.2 Å². The van der Waals surface area contributed by atoms with Gasteiger partial charge in [0.2, 0.25) is 0 Å². The van der Waals surface area contributed by atoms with Crippen molar-refractivity contribution in [2.45, 2.75) is 71.8 Å². The summed E-state index contributed by atoms with van der Waals surface area (Å²) in [5.41, 5.74) is 1.70. The standard InChI is InChI=1S/C28H34N2O5/c1-18-15-21(13-14-30(18)27(32)35-28(3,4)5)29-26(31)25-19(2)34-24-12-11-22(16-23(24)25)33-17-20-9-7-6-8-10-20/h6-12,16,18,21H,13-15,17H2,1-5H3,(H,29,31)/t18-,21+/m0/s1. The third kappa shape index (κ3) is 5.96. The van der Waals surface area contributed by atoms with Crippen LogP contribution in [0.5, 0.6) is 5.75 Å². The smallest absolute Gasteiger partial charge is 0.410 e. The summed E-state index contributed by atoms with van der Waals surface area (Å²) >= 11 is 0. The molecule has 0 spiro atoms. The Morgan fingerprint density at radius 2 is 1.89 bits per heavy atom. The zero-order chi connectivity index (χ0) is 25.2. The molecule has 2 heterocycles. The Morgan fingerprint density at radius 1 is 1.14 bits per heavy atom. The summed E-state index contributed by atoms with van der Waals surface area (Å²) < 4.78 is 17.3. The van der Waals surface area contributed by atoms with E-state index in [1.54, 1.807) is 11.8 Å². The Bertz CT molecular complexity index is 1200. The molecule has 0 saturated carbocycles. The van der Waals surface area contributed by atoms with Crippen LogP contribution in [0, 0.1) is 6.92 Å². The molecule has 0 aliphatic carbocycles. The maximum Gasteiger partial charge on any atom is 0.410 e. The molecular weight excluding hydrogens is 444 g/mol. The number of ether oxygens (including phenoxy) is 2. The van der Waals surface area contributed by atoms with Gasteiger partial charge in [0.25, 0.3) is 5.91 Å². The Hall–Kier alpha value is -3.48. The maximum atomic E-state index is 13.3. The van der Waals surface area contributed by atoms with E-state index in [1.807, 2.05) is 76.2 Å². The lowest BCUT2D eigenvalue weighted by Gasteiger charge is -2.38. The first kappa shape index (κ1) is 24.6. The molecule has 1 saturated heterocycles. The van der Waals surface area contributed by atoms with Crippen LogP contribution in [0.25, 0.3) is 11.0 Å². The van der Waals surface area contributed by atoms with E-state index in [0.717, 1.165) is 10.9 Å². The molecule has 7 nitrogen and oxygen atoms in total. The number of hydrogen-bond donors (Lipinski definition) is 1. The van der Waals surface area contributed by atoms with Gasteiger partial charge in [0, 0.05) is 24.0 Å². The van der Waals surface area contributed by atoms with Gasteiger partial charge in [-0.15, -0.1) is 0 Å². The molecule has 35 heavy (non-hydrogen) atoms. The fourth-order valence-corrected chi connectivity index (χ4v) is 4.46. The molecule has 0 unspecified atom stereocenters. The summed E-state index contributed by atoms with van der Waals surface area (Å²) in [6, 6.07) is 15.4. The lowest BCUT2D eigenvalue weighted by Crippen LogP contribution is -2.52. The predicted octanol–water partition coefficient (Wildman–Crippen LogP) is 5.84. The molecule has 1 aromatic heterocycles. The number of piperidine rings is 1. The monoisotopic (exact) mass is 478 g/mol. The number of carbonyl (C=O) groups excluding carboxylic acids is 2. The Kier molecular flexibility index (Phi) is 7.05. The zero-order valence-corrected chi connectivity index (χ0v) is 21.1. The fraction of sp³-hybridized carbons (Fsp3) is 0.429. The minimum absolute atomic E-state index is 0.0379. The van der Waals surface area contributed by atoms with E-state index in [-0.39, 0.29) is 24.1 Å². The van der Waals surface area contributed by atoms with Crippen molar-refractivity contribution in [3.63, 3.8) is 0 Å². The van der Waals surface area contributed by atoms with Crippen LogP contribution in [0.3, 0.4) is 0 Å². The van der Waals surface area contributed by atoms with Gasteiger partial charge < -0.3 is 24.1 Å². The van der Waals surface area contributed by atoms with Gasteiger partial charge in [-0.25, -0.2) is 4.79 Å². The van der Waals surface area contributed by atoms with Crippen molar-refractivity contribution in [1.82, 2.24) is 10.2 Å². The summed E-state index contributed by atoms with van der Waals surface area (Å²) in [5, 5.41) is 3.88. The molecule has 2 amide bonds. The lowest BCUT2D eigenvalue weighted by atomic mass is 9.98. The highest BCUT2D eigenvalue weighted by molar-refractivity contribution is 6.07. The van der Waals surface area contributed by atoms with Gasteiger partial charge in [-0.2, -0.15) is 0 Å². The molecule has 1 N–H and O–H groups in total. The highest BCUT2D eigenvalue weighted by Gasteiger charge is 2.33. The fourth-order valence-electron chi connectivity index (χ4n) is 4.46. The average molecular weight is 479 g/mol. The van der Waals surface area contributed by atoms with Gasteiger partial charge in [0.05, 0.1) is 5.56 Å². The number of rotatable bonds is 5. The number of carbonyl (C=O) groups is 2. The highest BCUT2D eigenvalue weighted by Crippen LogP contribution is 2.30. The van der Waals surface area contributed by atoms with E-state index in [2.05, 4.69) is 5.32 Å². The number of benzene rings is 2. The molecule has 2 aromatic carbocycles. The Morgan fingerprint density at radius 3 is 2.57 bits per heavy atom. The lowest BCUT2D eigenvalue weighted by molar-refractivity contribution is 0.00960. The summed E-state index contributed by atoms with van der Waals surface area (Å²) in [5.74, 6) is 1.07. The molecule has 1 aliphatic rings. The highest BCUT2D eigenvalue weighted by atomic mass is 16.6. The van der Waals surface area contributed by atoms with Gasteiger partial charge in [-0.3, -0.25) is 4.79 Å². The summed E-state index contributed by atoms with van der Waals surface area (Å²) in [4.78, 5) is 27.5. The molecule has 1 aliphatic heterocycles. The van der Waals surface area contributed by atoms with E-state index >= 15 is 0 Å². The second-order valence-electron chi connectivity index (χ2n) is 10.2. The molecule has 1 fully saturated rings. The topological polar surface area (TPSA) is 81.0 Å². The van der Waals surface area contributed by atoms with Crippen LogP contribution in [0.2, 0.25) is 0 Å². The van der Waals surface area contributed by atoms with Gasteiger partial charge in [0.15, 0.2) is 0 Å². The van der Waals surface area contributed by atoms with Crippen LogP contribution in [-0.2, 0) is 11.3 Å². The van der Waals surface area contributed by atoms with Crippen LogP contribution in [-0.4, -0.2) is 41.1 Å². The quantitative estimate of drug-likeness (QED) is 0.498. The number of aryl methyl sites for hydroxylation is 1. The van der Waals surface area contributed by atoms with Crippen molar-refractivity contribution < 1.29 is 23.5 Å². The number of amides is 2. The molecule has 0 radical (unpaired) electrons. The number of furan rings is 1. The maximum absolute atomic E-state index is 13.3. The SMILES string of the molecule is Cc1oc2ccc(OCc3ccccc3)cc2c1C(=O)N[C@@H]1CCN(C(=O)OC(C)(C)C)[C@@H](C)C1. The second-order valence-corrected chi connectivity index (χ2v) is 10.2. The third-order valence-electron chi connectivity index (χ3n) is 6.15. The molecule has 3 aromatic rings. The first-order valence-electron chi connectivity index (χ1n) is 12.1. The number of likely N-dealkylation sites (tertiary alicyclic amines) is 1. The Labute approximate surface area is 206 Å². The second kappa shape index (κ2) is 10.0. The van der Waals surface area contributed by atoms with Crippen LogP contribution < -0.4 is 10.1 Å². The molecular formula is C28H34N2O5. The normalized spacial score (nSPS) is 18.4. The number of fused-ring (bicyclic) bond motifs is 1. The summed E-state index contributed by atoms with van der Waals surface area (Å²) in [6.07, 6.45) is 1.01. The summed E-state index contributed by atoms with van der Waals surface area (Å²) in [7, 11) is 0. The third-order valence-corrected chi connectivity index (χ3v) is 6.15. The van der Waals surface area contributed by atoms with E-state index in [9.17, 15) is 9.59 Å². The van der Waals surface area contributed by atoms with E-state index in [4.69, 9.17) is 13.9 Å². The van der Waals surface area contributed by atoms with Gasteiger partial charge in [-0.1, -0.05) is 30.3 Å². The van der Waals surface area contributed by atoms with Crippen molar-refractivity contribution >= 4 is 23.0 Å². The van der Waals surface area contributed by atoms with Crippen molar-refractivity contribution in [1.29, 1.82) is 0 Å². The number of nitrogens with zero attached hydrogens (tertiary/aromatic N) is 1. The van der Waals surface area contributed by atoms with Gasteiger partial charge in [-0.05, 0) is 71.2 Å². The average Bonchev–Trinajstić information content (AvgIpc) is 3.12. The minimum Gasteiger partial charge on any atom is -0.489 e. The van der Waals surface area contributed by atoms with Crippen LogP contribution in [0.4, 0.5) is 4.79 Å². The molecule has 2 atom stereocenters. The van der Waals surface area contributed by atoms with Gasteiger partial charge >= 0.3 is 6.09 Å². The largest absolute Gasteiger partial charge is 0.489 e. The molecule has 7 heteroatoms. The van der Waals surface area contributed by atoms with Crippen molar-refractivity contribution in [3.8, 4) is 5.75 Å². The van der Waals surface area contributed by atoms with Crippen molar-refractivity contribution in [3.05, 3.63) is 65.4 Å². The summed E-state index contributed by atoms with van der Waals surface area (Å²) in [6.45, 7) is 10.3. The van der Waals surface area contributed by atoms with Crippen molar-refractivity contribution in [2.24, 2.45) is 0 Å². The van der Waals surface area contributed by atoms with Crippen LogP contribution >= 0.6 is 0 Å². The first-order chi connectivity index (χ1) is 16.6. The van der Waals surface area contributed by atoms with Crippen molar-refractivity contribution in [2.75, 3.05) is 6.54 Å². The van der Waals surface area contributed by atoms with E-state index in [1.165, 1.54) is 0 Å². The molecule has 4 rings (SSSR count). The van der Waals surface area contributed by atoms with E-state index in [0.29, 0.717) is 48.6 Å². The Balaban J connectivity index is 1.43.